The van der Waals surface area contributed by atoms with Crippen molar-refractivity contribution in [2.45, 2.75) is 27.2 Å². The summed E-state index contributed by atoms with van der Waals surface area (Å²) in [6.45, 7) is 5.55. The first kappa shape index (κ1) is 14.5. The topological polar surface area (TPSA) is 35.5 Å². The maximum atomic E-state index is 11.0. The molecule has 0 saturated heterocycles. The first-order valence-electron chi connectivity index (χ1n) is 5.37. The van der Waals surface area contributed by atoms with E-state index in [1.54, 1.807) is 27.2 Å². The van der Waals surface area contributed by atoms with Crippen LogP contribution in [-0.4, -0.2) is 20.0 Å². The molecule has 3 heteroatoms. The van der Waals surface area contributed by atoms with Gasteiger partial charge in [-0.05, 0) is 25.1 Å². The van der Waals surface area contributed by atoms with Gasteiger partial charge in [-0.3, -0.25) is 4.79 Å². The van der Waals surface area contributed by atoms with Gasteiger partial charge in [-0.25, -0.2) is 0 Å². The van der Waals surface area contributed by atoms with E-state index in [-0.39, 0.29) is 7.21 Å². The van der Waals surface area contributed by atoms with Crippen molar-refractivity contribution in [3.8, 4) is 11.5 Å². The zero-order valence-electron chi connectivity index (χ0n) is 10.7. The molecular weight excluding hydrogens is 204 g/mol. The lowest BCUT2D eigenvalue weighted by Gasteiger charge is -2.08. The number of hydrogen-bond acceptors (Lipinski definition) is 3. The quantitative estimate of drug-likeness (QED) is 0.791. The van der Waals surface area contributed by atoms with Crippen molar-refractivity contribution < 1.29 is 15.7 Å². The molecule has 92 valence electrons. The Morgan fingerprint density at radius 1 is 1.25 bits per heavy atom. The van der Waals surface area contributed by atoms with E-state index in [9.17, 15) is 4.79 Å². The number of rotatable bonds is 4. The number of hydrogen-bond donors (Lipinski definition) is 0. The number of benzene rings is 1. The van der Waals surface area contributed by atoms with Crippen molar-refractivity contribution in [1.82, 2.24) is 0 Å². The van der Waals surface area contributed by atoms with Crippen molar-refractivity contribution in [2.24, 2.45) is 0 Å². The smallest absolute Gasteiger partial charge is 0.134 e. The second-order valence-corrected chi connectivity index (χ2v) is 3.06. The molecule has 16 heavy (non-hydrogen) atoms. The average Bonchev–Trinajstić information content (AvgIpc) is 2.31. The van der Waals surface area contributed by atoms with Crippen LogP contribution in [0.1, 0.15) is 27.8 Å². The molecule has 0 amide bonds. The van der Waals surface area contributed by atoms with Crippen molar-refractivity contribution in [1.29, 1.82) is 0 Å². The van der Waals surface area contributed by atoms with E-state index in [0.29, 0.717) is 6.42 Å². The highest BCUT2D eigenvalue weighted by Gasteiger charge is 2.06. The van der Waals surface area contributed by atoms with E-state index in [1.165, 1.54) is 0 Å². The summed E-state index contributed by atoms with van der Waals surface area (Å²) in [5.74, 6) is 1.57. The van der Waals surface area contributed by atoms with Gasteiger partial charge < -0.3 is 9.47 Å². The molecule has 0 spiro atoms. The number of carbonyl (C=O) groups is 1. The zero-order valence-corrected chi connectivity index (χ0v) is 10.7. The highest BCUT2D eigenvalue weighted by molar-refractivity contribution is 5.79. The van der Waals surface area contributed by atoms with E-state index in [4.69, 9.17) is 9.47 Å². The Morgan fingerprint density at radius 3 is 2.31 bits per heavy atom. The molecule has 0 saturated carbocycles. The van der Waals surface area contributed by atoms with Gasteiger partial charge in [0.1, 0.15) is 17.3 Å². The Hall–Kier alpha value is -1.51. The Morgan fingerprint density at radius 2 is 1.88 bits per heavy atom. The number of Topliss-reactive ketones (excluding diaryl/α,β-unsaturated/α-hetero) is 1. The number of ether oxygens (including phenoxy) is 2. The summed E-state index contributed by atoms with van der Waals surface area (Å²) in [5.41, 5.74) is 0.861. The summed E-state index contributed by atoms with van der Waals surface area (Å²) in [7, 11) is 3.19. The lowest BCUT2D eigenvalue weighted by Crippen LogP contribution is -2.00. The van der Waals surface area contributed by atoms with Crippen molar-refractivity contribution in [2.75, 3.05) is 14.2 Å². The Labute approximate surface area is 98.9 Å². The van der Waals surface area contributed by atoms with Crippen molar-refractivity contribution >= 4 is 5.78 Å². The SMILES string of the molecule is CC.COc1ccc(OC)c(CC(C)=O)c1.[HH]. The zero-order chi connectivity index (χ0) is 12.6. The fourth-order valence-corrected chi connectivity index (χ4v) is 1.29. The van der Waals surface area contributed by atoms with Crippen molar-refractivity contribution in [3.05, 3.63) is 23.8 Å². The lowest BCUT2D eigenvalue weighted by atomic mass is 10.1. The third kappa shape index (κ3) is 4.34. The standard InChI is InChI=1S/C11H14O3.C2H6.H2/c1-8(12)6-9-7-10(13-2)4-5-11(9)14-3;1-2;/h4-5,7H,6H2,1-3H3;1-2H3;1H. The van der Waals surface area contributed by atoms with E-state index < -0.39 is 0 Å². The van der Waals surface area contributed by atoms with Crippen LogP contribution in [0.15, 0.2) is 18.2 Å². The van der Waals surface area contributed by atoms with Crippen LogP contribution < -0.4 is 9.47 Å². The van der Waals surface area contributed by atoms with Crippen molar-refractivity contribution in [3.63, 3.8) is 0 Å². The second kappa shape index (κ2) is 7.74. The molecule has 0 aliphatic heterocycles. The van der Waals surface area contributed by atoms with Gasteiger partial charge >= 0.3 is 0 Å². The number of methoxy groups -OCH3 is 2. The summed E-state index contributed by atoms with van der Waals surface area (Å²) < 4.78 is 10.2. The van der Waals surface area contributed by atoms with Crippen LogP contribution in [0.25, 0.3) is 0 Å². The summed E-state index contributed by atoms with van der Waals surface area (Å²) in [6, 6.07) is 5.43. The van der Waals surface area contributed by atoms with Crippen LogP contribution >= 0.6 is 0 Å². The van der Waals surface area contributed by atoms with Gasteiger partial charge in [0, 0.05) is 13.4 Å². The van der Waals surface area contributed by atoms with E-state index >= 15 is 0 Å². The van der Waals surface area contributed by atoms with Crippen LogP contribution in [0, 0.1) is 0 Å². The second-order valence-electron chi connectivity index (χ2n) is 3.06. The Kier molecular flexibility index (Phi) is 7.01. The van der Waals surface area contributed by atoms with E-state index in [1.807, 2.05) is 26.0 Å². The average molecular weight is 226 g/mol. The highest BCUT2D eigenvalue weighted by Crippen LogP contribution is 2.24. The fraction of sp³-hybridized carbons (Fsp3) is 0.462. The molecule has 0 bridgehead atoms. The molecular formula is C13H22O3. The fourth-order valence-electron chi connectivity index (χ4n) is 1.29. The molecule has 1 rings (SSSR count). The van der Waals surface area contributed by atoms with Crippen LogP contribution in [0.5, 0.6) is 11.5 Å². The molecule has 0 heterocycles. The molecule has 1 aromatic rings. The first-order chi connectivity index (χ1) is 7.67. The molecule has 0 aliphatic carbocycles. The number of ketones is 1. The minimum absolute atomic E-state index is 0. The molecule has 0 unspecified atom stereocenters. The summed E-state index contributed by atoms with van der Waals surface area (Å²) in [5, 5.41) is 0. The first-order valence-corrected chi connectivity index (χ1v) is 5.37. The summed E-state index contributed by atoms with van der Waals surface area (Å²) in [4.78, 5) is 11.0. The maximum absolute atomic E-state index is 11.0. The minimum atomic E-state index is 0. The number of carbonyl (C=O) groups excluding carboxylic acids is 1. The normalized spacial score (nSPS) is 8.81. The Bertz CT molecular complexity index is 337. The van der Waals surface area contributed by atoms with E-state index in [2.05, 4.69) is 0 Å². The molecule has 3 nitrogen and oxygen atoms in total. The monoisotopic (exact) mass is 226 g/mol. The third-order valence-electron chi connectivity index (χ3n) is 1.93. The predicted octanol–water partition coefficient (Wildman–Crippen LogP) is 3.11. The van der Waals surface area contributed by atoms with Crippen LogP contribution in [-0.2, 0) is 11.2 Å². The lowest BCUT2D eigenvalue weighted by molar-refractivity contribution is -0.116. The molecule has 1 aromatic carbocycles. The van der Waals surface area contributed by atoms with Gasteiger partial charge in [0.2, 0.25) is 0 Å². The molecule has 0 radical (unpaired) electrons. The van der Waals surface area contributed by atoms with Crippen LogP contribution in [0.4, 0.5) is 0 Å². The molecule has 0 aromatic heterocycles. The van der Waals surface area contributed by atoms with Gasteiger partial charge in [-0.1, -0.05) is 13.8 Å². The minimum Gasteiger partial charge on any atom is -0.497 e. The third-order valence-corrected chi connectivity index (χ3v) is 1.93. The molecule has 0 N–H and O–H groups in total. The van der Waals surface area contributed by atoms with Gasteiger partial charge in [0.15, 0.2) is 0 Å². The van der Waals surface area contributed by atoms with E-state index in [0.717, 1.165) is 17.1 Å². The molecule has 0 fully saturated rings. The molecule has 0 atom stereocenters. The predicted molar refractivity (Wildman–Crippen MR) is 67.4 cm³/mol. The molecule has 0 aliphatic rings. The van der Waals surface area contributed by atoms with Crippen LogP contribution in [0.3, 0.4) is 0 Å². The van der Waals surface area contributed by atoms with Gasteiger partial charge in [-0.2, -0.15) is 0 Å². The van der Waals surface area contributed by atoms with Gasteiger partial charge in [-0.15, -0.1) is 0 Å². The summed E-state index contributed by atoms with van der Waals surface area (Å²) in [6.07, 6.45) is 0.375. The Balaban J connectivity index is 0. The van der Waals surface area contributed by atoms with Crippen LogP contribution in [0.2, 0.25) is 0 Å². The summed E-state index contributed by atoms with van der Waals surface area (Å²) >= 11 is 0. The largest absolute Gasteiger partial charge is 0.497 e. The maximum Gasteiger partial charge on any atom is 0.134 e. The van der Waals surface area contributed by atoms with Gasteiger partial charge in [0.05, 0.1) is 14.2 Å². The van der Waals surface area contributed by atoms with Gasteiger partial charge in [0.25, 0.3) is 0 Å². The highest BCUT2D eigenvalue weighted by atomic mass is 16.5.